The SMILES string of the molecule is NC(Cc1ccccc1)C(O)C(=O)N[C@@H](CO)C(=O)O. The van der Waals surface area contributed by atoms with Crippen LogP contribution in [0.15, 0.2) is 30.3 Å². The molecule has 20 heavy (non-hydrogen) atoms. The van der Waals surface area contributed by atoms with Crippen LogP contribution in [0.5, 0.6) is 0 Å². The van der Waals surface area contributed by atoms with E-state index in [2.05, 4.69) is 0 Å². The molecule has 0 saturated heterocycles. The third kappa shape index (κ3) is 4.61. The van der Waals surface area contributed by atoms with Crippen molar-refractivity contribution in [2.24, 2.45) is 5.73 Å². The molecule has 6 N–H and O–H groups in total. The Balaban J connectivity index is 2.57. The summed E-state index contributed by atoms with van der Waals surface area (Å²) in [6.45, 7) is -0.762. The first-order valence-electron chi connectivity index (χ1n) is 6.07. The van der Waals surface area contributed by atoms with Gasteiger partial charge in [0.05, 0.1) is 6.61 Å². The van der Waals surface area contributed by atoms with Crippen molar-refractivity contribution in [1.29, 1.82) is 0 Å². The van der Waals surface area contributed by atoms with Gasteiger partial charge in [-0.15, -0.1) is 0 Å². The molecule has 7 nitrogen and oxygen atoms in total. The second-order valence-corrected chi connectivity index (χ2v) is 4.38. The van der Waals surface area contributed by atoms with Gasteiger partial charge in [-0.05, 0) is 12.0 Å². The highest BCUT2D eigenvalue weighted by Crippen LogP contribution is 2.05. The van der Waals surface area contributed by atoms with E-state index in [1.54, 1.807) is 24.3 Å². The summed E-state index contributed by atoms with van der Waals surface area (Å²) in [7, 11) is 0. The highest BCUT2D eigenvalue weighted by molar-refractivity contribution is 5.86. The van der Waals surface area contributed by atoms with Gasteiger partial charge in [-0.25, -0.2) is 4.79 Å². The lowest BCUT2D eigenvalue weighted by molar-refractivity contribution is -0.144. The predicted molar refractivity (Wildman–Crippen MR) is 70.8 cm³/mol. The fourth-order valence-corrected chi connectivity index (χ4v) is 1.63. The summed E-state index contributed by atoms with van der Waals surface area (Å²) in [5, 5.41) is 29.3. The van der Waals surface area contributed by atoms with Crippen LogP contribution in [0.4, 0.5) is 0 Å². The molecule has 3 atom stereocenters. The highest BCUT2D eigenvalue weighted by Gasteiger charge is 2.27. The number of hydrogen-bond acceptors (Lipinski definition) is 5. The molecule has 0 aromatic heterocycles. The highest BCUT2D eigenvalue weighted by atomic mass is 16.4. The lowest BCUT2D eigenvalue weighted by Crippen LogP contribution is -2.53. The van der Waals surface area contributed by atoms with Gasteiger partial charge in [0.25, 0.3) is 5.91 Å². The molecular formula is C13H18N2O5. The number of rotatable bonds is 7. The Morgan fingerprint density at radius 3 is 2.35 bits per heavy atom. The van der Waals surface area contributed by atoms with E-state index in [9.17, 15) is 14.7 Å². The van der Waals surface area contributed by atoms with Gasteiger partial charge >= 0.3 is 5.97 Å². The van der Waals surface area contributed by atoms with E-state index in [0.717, 1.165) is 5.56 Å². The van der Waals surface area contributed by atoms with Crippen molar-refractivity contribution < 1.29 is 24.9 Å². The van der Waals surface area contributed by atoms with Gasteiger partial charge in [0.2, 0.25) is 0 Å². The molecule has 0 bridgehead atoms. The van der Waals surface area contributed by atoms with Crippen LogP contribution in [0.3, 0.4) is 0 Å². The van der Waals surface area contributed by atoms with Crippen LogP contribution in [0, 0.1) is 0 Å². The van der Waals surface area contributed by atoms with Gasteiger partial charge in [-0.3, -0.25) is 4.79 Å². The zero-order valence-corrected chi connectivity index (χ0v) is 10.8. The molecule has 1 aromatic rings. The molecule has 110 valence electrons. The van der Waals surface area contributed by atoms with Crippen molar-refractivity contribution in [2.75, 3.05) is 6.61 Å². The molecule has 0 fully saturated rings. The third-order valence-electron chi connectivity index (χ3n) is 2.79. The Kier molecular flexibility index (Phi) is 6.10. The van der Waals surface area contributed by atoms with E-state index in [1.807, 2.05) is 11.4 Å². The Morgan fingerprint density at radius 1 is 1.25 bits per heavy atom. The normalized spacial score (nSPS) is 15.2. The van der Waals surface area contributed by atoms with Gasteiger partial charge in [-0.1, -0.05) is 30.3 Å². The molecular weight excluding hydrogens is 264 g/mol. The lowest BCUT2D eigenvalue weighted by Gasteiger charge is -2.20. The molecule has 0 radical (unpaired) electrons. The second-order valence-electron chi connectivity index (χ2n) is 4.38. The summed E-state index contributed by atoms with van der Waals surface area (Å²) in [5.41, 5.74) is 6.57. The smallest absolute Gasteiger partial charge is 0.328 e. The van der Waals surface area contributed by atoms with Gasteiger partial charge in [0.15, 0.2) is 0 Å². The maximum Gasteiger partial charge on any atom is 0.328 e. The molecule has 2 unspecified atom stereocenters. The van der Waals surface area contributed by atoms with Gasteiger partial charge in [-0.2, -0.15) is 0 Å². The minimum absolute atomic E-state index is 0.270. The van der Waals surface area contributed by atoms with Crippen LogP contribution in [-0.2, 0) is 16.0 Å². The largest absolute Gasteiger partial charge is 0.480 e. The van der Waals surface area contributed by atoms with Crippen LogP contribution >= 0.6 is 0 Å². The van der Waals surface area contributed by atoms with Gasteiger partial charge in [0.1, 0.15) is 12.1 Å². The van der Waals surface area contributed by atoms with E-state index < -0.39 is 36.7 Å². The standard InChI is InChI=1S/C13H18N2O5/c14-9(6-8-4-2-1-3-5-8)11(17)12(18)15-10(7-16)13(19)20/h1-5,9-11,16-17H,6-7,14H2,(H,15,18)(H,19,20)/t9?,10-,11?/m0/s1. The number of carbonyl (C=O) groups excluding carboxylic acids is 1. The van der Waals surface area contributed by atoms with Crippen LogP contribution in [0.2, 0.25) is 0 Å². The number of carboxylic acid groups (broad SMARTS) is 1. The molecule has 0 aliphatic carbocycles. The monoisotopic (exact) mass is 282 g/mol. The fourth-order valence-electron chi connectivity index (χ4n) is 1.63. The van der Waals surface area contributed by atoms with Crippen molar-refractivity contribution in [2.45, 2.75) is 24.6 Å². The van der Waals surface area contributed by atoms with Crippen molar-refractivity contribution in [3.05, 3.63) is 35.9 Å². The van der Waals surface area contributed by atoms with Crippen molar-refractivity contribution >= 4 is 11.9 Å². The zero-order valence-electron chi connectivity index (χ0n) is 10.8. The summed E-state index contributed by atoms with van der Waals surface area (Å²) >= 11 is 0. The average Bonchev–Trinajstić information content (AvgIpc) is 2.44. The number of carbonyl (C=O) groups is 2. The summed E-state index contributed by atoms with van der Waals surface area (Å²) in [4.78, 5) is 22.3. The van der Waals surface area contributed by atoms with E-state index in [1.165, 1.54) is 0 Å². The number of hydrogen-bond donors (Lipinski definition) is 5. The number of aliphatic hydroxyl groups is 2. The number of aliphatic hydroxyl groups excluding tert-OH is 2. The Morgan fingerprint density at radius 2 is 1.85 bits per heavy atom. The Bertz CT molecular complexity index is 451. The summed E-state index contributed by atoms with van der Waals surface area (Å²) < 4.78 is 0. The molecule has 7 heteroatoms. The number of nitrogens with two attached hydrogens (primary N) is 1. The lowest BCUT2D eigenvalue weighted by atomic mass is 10.0. The number of aliphatic carboxylic acids is 1. The summed E-state index contributed by atoms with van der Waals surface area (Å²) in [5.74, 6) is -2.31. The molecule has 1 amide bonds. The predicted octanol–water partition coefficient (Wildman–Crippen LogP) is -1.52. The van der Waals surface area contributed by atoms with Crippen molar-refractivity contribution in [3.63, 3.8) is 0 Å². The molecule has 0 aliphatic heterocycles. The maximum atomic E-state index is 11.6. The topological polar surface area (TPSA) is 133 Å². The summed E-state index contributed by atoms with van der Waals surface area (Å²) in [6.07, 6.45) is -1.28. The van der Waals surface area contributed by atoms with E-state index in [0.29, 0.717) is 0 Å². The van der Waals surface area contributed by atoms with Crippen LogP contribution in [0.25, 0.3) is 0 Å². The van der Waals surface area contributed by atoms with E-state index >= 15 is 0 Å². The van der Waals surface area contributed by atoms with Crippen LogP contribution in [0.1, 0.15) is 5.56 Å². The summed E-state index contributed by atoms with van der Waals surface area (Å²) in [6, 6.07) is 6.72. The van der Waals surface area contributed by atoms with Crippen LogP contribution < -0.4 is 11.1 Å². The number of amides is 1. The number of nitrogens with one attached hydrogen (secondary N) is 1. The first-order chi connectivity index (χ1) is 9.45. The van der Waals surface area contributed by atoms with Crippen LogP contribution in [-0.4, -0.2) is 52.0 Å². The minimum Gasteiger partial charge on any atom is -0.480 e. The van der Waals surface area contributed by atoms with Gasteiger partial charge < -0.3 is 26.4 Å². The molecule has 0 aliphatic rings. The zero-order chi connectivity index (χ0) is 15.1. The van der Waals surface area contributed by atoms with Crippen molar-refractivity contribution in [1.82, 2.24) is 5.32 Å². The maximum absolute atomic E-state index is 11.6. The molecule has 0 heterocycles. The molecule has 0 saturated carbocycles. The first kappa shape index (κ1) is 16.1. The van der Waals surface area contributed by atoms with E-state index in [4.69, 9.17) is 15.9 Å². The third-order valence-corrected chi connectivity index (χ3v) is 2.79. The number of carboxylic acids is 1. The van der Waals surface area contributed by atoms with Gasteiger partial charge in [0, 0.05) is 6.04 Å². The number of benzene rings is 1. The average molecular weight is 282 g/mol. The second kappa shape index (κ2) is 7.59. The molecule has 0 spiro atoms. The van der Waals surface area contributed by atoms with Crippen molar-refractivity contribution in [3.8, 4) is 0 Å². The molecule has 1 aromatic carbocycles. The molecule has 1 rings (SSSR count). The quantitative estimate of drug-likeness (QED) is 0.412. The first-order valence-corrected chi connectivity index (χ1v) is 6.07. The Hall–Kier alpha value is -1.96. The Labute approximate surface area is 116 Å². The van der Waals surface area contributed by atoms with E-state index in [-0.39, 0.29) is 6.42 Å². The minimum atomic E-state index is -1.55. The fraction of sp³-hybridized carbons (Fsp3) is 0.385.